The molecule has 2 fully saturated rings. The van der Waals surface area contributed by atoms with Gasteiger partial charge in [-0.25, -0.2) is 0 Å². The van der Waals surface area contributed by atoms with Gasteiger partial charge in [0.2, 0.25) is 0 Å². The number of hydrogen-bond donors (Lipinski definition) is 0. The smallest absolute Gasteiger partial charge is 0.118 e. The van der Waals surface area contributed by atoms with Gasteiger partial charge >= 0.3 is 0 Å². The van der Waals surface area contributed by atoms with Gasteiger partial charge in [0.25, 0.3) is 0 Å². The molecule has 2 saturated carbocycles. The highest BCUT2D eigenvalue weighted by Crippen LogP contribution is 2.84. The number of methoxy groups -OCH3 is 2. The average Bonchev–Trinajstić information content (AvgIpc) is 3.47. The molecule has 0 bridgehead atoms. The molecule has 2 nitrogen and oxygen atoms in total. The molecule has 0 radical (unpaired) electrons. The number of rotatable bonds is 4. The lowest BCUT2D eigenvalue weighted by atomic mass is 9.84. The van der Waals surface area contributed by atoms with Crippen LogP contribution in [0.2, 0.25) is 0 Å². The summed E-state index contributed by atoms with van der Waals surface area (Å²) < 4.78 is 10.6. The molecule has 112 valence electrons. The van der Waals surface area contributed by atoms with E-state index >= 15 is 0 Å². The zero-order chi connectivity index (χ0) is 15.4. The Morgan fingerprint density at radius 2 is 1.18 bits per heavy atom. The highest BCUT2D eigenvalue weighted by atomic mass is 16.5. The first-order valence-electron chi connectivity index (χ1n) is 7.68. The molecule has 2 heteroatoms. The first-order chi connectivity index (χ1) is 10.7. The van der Waals surface area contributed by atoms with Gasteiger partial charge in [0.05, 0.1) is 19.6 Å². The number of hydrogen-bond acceptors (Lipinski definition) is 2. The summed E-state index contributed by atoms with van der Waals surface area (Å²) in [6.45, 7) is 4.41. The normalized spacial score (nSPS) is 19.8. The molecule has 2 aromatic rings. The third-order valence-corrected chi connectivity index (χ3v) is 5.48. The van der Waals surface area contributed by atoms with E-state index in [1.807, 2.05) is 24.3 Å². The third-order valence-electron chi connectivity index (χ3n) is 5.48. The van der Waals surface area contributed by atoms with E-state index in [-0.39, 0.29) is 10.8 Å². The summed E-state index contributed by atoms with van der Waals surface area (Å²) in [5.41, 5.74) is 4.26. The minimum Gasteiger partial charge on any atom is -0.497 e. The van der Waals surface area contributed by atoms with Gasteiger partial charge in [-0.05, 0) is 48.2 Å². The molecule has 0 N–H and O–H groups in total. The van der Waals surface area contributed by atoms with E-state index in [1.54, 1.807) is 14.2 Å². The van der Waals surface area contributed by atoms with Crippen molar-refractivity contribution in [3.8, 4) is 11.5 Å². The molecule has 2 aliphatic carbocycles. The van der Waals surface area contributed by atoms with Crippen LogP contribution in [0.15, 0.2) is 60.7 Å². The van der Waals surface area contributed by atoms with E-state index in [4.69, 9.17) is 9.47 Å². The molecule has 0 aliphatic heterocycles. The Balaban J connectivity index is 1.82. The standard InChI is InChI=1S/C20H20O2/c1-14-19(12-13-19)20(14,15-4-8-17(21-2)9-5-15)16-6-10-18(22-3)11-7-16/h4-11H,1,12-13H2,2-3H3. The summed E-state index contributed by atoms with van der Waals surface area (Å²) in [5.74, 6) is 1.79. The molecule has 0 atom stereocenters. The van der Waals surface area contributed by atoms with Crippen molar-refractivity contribution >= 4 is 0 Å². The van der Waals surface area contributed by atoms with E-state index in [0.717, 1.165) is 11.5 Å². The van der Waals surface area contributed by atoms with E-state index in [0.29, 0.717) is 0 Å². The van der Waals surface area contributed by atoms with Crippen LogP contribution in [-0.2, 0) is 5.41 Å². The van der Waals surface area contributed by atoms with E-state index in [2.05, 4.69) is 30.8 Å². The summed E-state index contributed by atoms with van der Waals surface area (Å²) in [6.07, 6.45) is 2.48. The molecule has 22 heavy (non-hydrogen) atoms. The predicted molar refractivity (Wildman–Crippen MR) is 87.6 cm³/mol. The Kier molecular flexibility index (Phi) is 2.68. The zero-order valence-corrected chi connectivity index (χ0v) is 13.1. The fourth-order valence-corrected chi connectivity index (χ4v) is 4.14. The van der Waals surface area contributed by atoms with Crippen molar-refractivity contribution < 1.29 is 9.47 Å². The van der Waals surface area contributed by atoms with Gasteiger partial charge in [-0.2, -0.15) is 0 Å². The Hall–Kier alpha value is -2.22. The molecule has 0 aromatic heterocycles. The fourth-order valence-electron chi connectivity index (χ4n) is 4.14. The molecular weight excluding hydrogens is 272 g/mol. The second kappa shape index (κ2) is 4.39. The van der Waals surface area contributed by atoms with Crippen molar-refractivity contribution in [2.75, 3.05) is 14.2 Å². The largest absolute Gasteiger partial charge is 0.497 e. The molecule has 0 saturated heterocycles. The summed E-state index contributed by atoms with van der Waals surface area (Å²) >= 11 is 0. The van der Waals surface area contributed by atoms with E-state index in [1.165, 1.54) is 29.5 Å². The second-order valence-corrected chi connectivity index (χ2v) is 6.27. The molecule has 2 aromatic carbocycles. The molecular formula is C20H20O2. The Morgan fingerprint density at radius 3 is 1.45 bits per heavy atom. The van der Waals surface area contributed by atoms with Crippen LogP contribution in [0.3, 0.4) is 0 Å². The van der Waals surface area contributed by atoms with Crippen molar-refractivity contribution in [3.05, 3.63) is 71.8 Å². The average molecular weight is 292 g/mol. The van der Waals surface area contributed by atoms with Crippen molar-refractivity contribution in [3.63, 3.8) is 0 Å². The van der Waals surface area contributed by atoms with Crippen LogP contribution in [0.1, 0.15) is 24.0 Å². The van der Waals surface area contributed by atoms with Gasteiger partial charge in [-0.3, -0.25) is 0 Å². The van der Waals surface area contributed by atoms with Gasteiger partial charge in [-0.15, -0.1) is 0 Å². The van der Waals surface area contributed by atoms with Crippen molar-refractivity contribution in [2.45, 2.75) is 18.3 Å². The van der Waals surface area contributed by atoms with Gasteiger partial charge in [0, 0.05) is 5.41 Å². The van der Waals surface area contributed by atoms with Crippen LogP contribution >= 0.6 is 0 Å². The molecule has 0 heterocycles. The first kappa shape index (κ1) is 13.4. The minimum atomic E-state index is -0.0223. The van der Waals surface area contributed by atoms with Gasteiger partial charge in [0.15, 0.2) is 0 Å². The summed E-state index contributed by atoms with van der Waals surface area (Å²) in [4.78, 5) is 0. The lowest BCUT2D eigenvalue weighted by Crippen LogP contribution is -2.13. The van der Waals surface area contributed by atoms with Crippen LogP contribution in [0.5, 0.6) is 11.5 Å². The number of allylic oxidation sites excluding steroid dienone is 1. The first-order valence-corrected chi connectivity index (χ1v) is 7.68. The maximum atomic E-state index is 5.29. The molecule has 0 unspecified atom stereocenters. The monoisotopic (exact) mass is 292 g/mol. The van der Waals surface area contributed by atoms with Crippen molar-refractivity contribution in [2.24, 2.45) is 5.41 Å². The van der Waals surface area contributed by atoms with Gasteiger partial charge < -0.3 is 9.47 Å². The van der Waals surface area contributed by atoms with Crippen LogP contribution in [0.4, 0.5) is 0 Å². The molecule has 0 amide bonds. The van der Waals surface area contributed by atoms with Crippen LogP contribution in [0, 0.1) is 5.41 Å². The lowest BCUT2D eigenvalue weighted by Gasteiger charge is -2.19. The van der Waals surface area contributed by atoms with Crippen molar-refractivity contribution in [1.82, 2.24) is 0 Å². The van der Waals surface area contributed by atoms with Crippen molar-refractivity contribution in [1.29, 1.82) is 0 Å². The highest BCUT2D eigenvalue weighted by Gasteiger charge is 2.78. The topological polar surface area (TPSA) is 18.5 Å². The predicted octanol–water partition coefficient (Wildman–Crippen LogP) is 4.34. The highest BCUT2D eigenvalue weighted by molar-refractivity contribution is 5.70. The van der Waals surface area contributed by atoms with Gasteiger partial charge in [0.1, 0.15) is 11.5 Å². The van der Waals surface area contributed by atoms with Crippen LogP contribution in [0.25, 0.3) is 0 Å². The minimum absolute atomic E-state index is 0.0223. The Bertz CT molecular complexity index is 674. The maximum Gasteiger partial charge on any atom is 0.118 e. The Morgan fingerprint density at radius 1 is 0.773 bits per heavy atom. The van der Waals surface area contributed by atoms with Crippen LogP contribution < -0.4 is 9.47 Å². The van der Waals surface area contributed by atoms with E-state index < -0.39 is 0 Å². The molecule has 4 rings (SSSR count). The number of benzene rings is 2. The maximum absolute atomic E-state index is 5.29. The van der Waals surface area contributed by atoms with Crippen LogP contribution in [-0.4, -0.2) is 14.2 Å². The third kappa shape index (κ3) is 1.50. The lowest BCUT2D eigenvalue weighted by molar-refractivity contribution is 0.414. The number of ether oxygens (including phenoxy) is 2. The summed E-state index contributed by atoms with van der Waals surface area (Å²) in [6, 6.07) is 16.9. The molecule has 2 aliphatic rings. The van der Waals surface area contributed by atoms with Gasteiger partial charge in [-0.1, -0.05) is 36.4 Å². The molecule has 1 spiro atoms. The quantitative estimate of drug-likeness (QED) is 0.780. The summed E-state index contributed by atoms with van der Waals surface area (Å²) in [5, 5.41) is 0. The second-order valence-electron chi connectivity index (χ2n) is 6.27. The zero-order valence-electron chi connectivity index (χ0n) is 13.1. The SMILES string of the molecule is C=C1C2(CC2)C1(c1ccc(OC)cc1)c1ccc(OC)cc1. The summed E-state index contributed by atoms with van der Waals surface area (Å²) in [7, 11) is 3.40. The fraction of sp³-hybridized carbons (Fsp3) is 0.300. The van der Waals surface area contributed by atoms with E-state index in [9.17, 15) is 0 Å². The Labute approximate surface area is 131 Å².